The first kappa shape index (κ1) is 20.9. The van der Waals surface area contributed by atoms with Crippen LogP contribution in [0.25, 0.3) is 0 Å². The summed E-state index contributed by atoms with van der Waals surface area (Å²) >= 11 is 0. The molecule has 2 N–H and O–H groups in total. The van der Waals surface area contributed by atoms with Crippen molar-refractivity contribution in [1.82, 2.24) is 5.32 Å². The monoisotopic (exact) mass is 385 g/mol. The Morgan fingerprint density at radius 3 is 2.39 bits per heavy atom. The molecule has 0 fully saturated rings. The summed E-state index contributed by atoms with van der Waals surface area (Å²) in [6.07, 6.45) is 0. The van der Waals surface area contributed by atoms with E-state index in [2.05, 4.69) is 10.6 Å². The summed E-state index contributed by atoms with van der Waals surface area (Å²) in [6, 6.07) is 13.4. The molecule has 0 spiro atoms. The first-order valence-electron chi connectivity index (χ1n) is 8.70. The fraction of sp³-hybridized carbons (Fsp3) is 0.300. The predicted molar refractivity (Wildman–Crippen MR) is 105 cm³/mol. The van der Waals surface area contributed by atoms with Crippen LogP contribution >= 0.6 is 0 Å². The number of esters is 1. The molecule has 0 aliphatic carbocycles. The van der Waals surface area contributed by atoms with Crippen LogP contribution in [0, 0.1) is 10.1 Å². The molecule has 0 radical (unpaired) electrons. The van der Waals surface area contributed by atoms with Crippen LogP contribution in [0.1, 0.15) is 36.7 Å². The average molecular weight is 385 g/mol. The van der Waals surface area contributed by atoms with Crippen LogP contribution in [0.2, 0.25) is 0 Å². The van der Waals surface area contributed by atoms with Crippen LogP contribution in [0.3, 0.4) is 0 Å². The summed E-state index contributed by atoms with van der Waals surface area (Å²) in [5.74, 6) is -1.25. The standard InChI is InChI=1S/C20H23N3O5/c1-20(2,3)22-18(24)13-28-19(25)15-9-10-16(17(11-15)23(26)27)21-12-14-7-5-4-6-8-14/h4-11,21H,12-13H2,1-3H3,(H,22,24). The van der Waals surface area contributed by atoms with E-state index in [1.807, 2.05) is 30.3 Å². The lowest BCUT2D eigenvalue weighted by molar-refractivity contribution is -0.384. The van der Waals surface area contributed by atoms with Crippen molar-refractivity contribution >= 4 is 23.3 Å². The Hall–Kier alpha value is -3.42. The summed E-state index contributed by atoms with van der Waals surface area (Å²) in [5, 5.41) is 17.0. The van der Waals surface area contributed by atoms with E-state index in [0.717, 1.165) is 11.6 Å². The number of hydrogen-bond acceptors (Lipinski definition) is 6. The van der Waals surface area contributed by atoms with E-state index in [0.29, 0.717) is 6.54 Å². The lowest BCUT2D eigenvalue weighted by atomic mass is 10.1. The Morgan fingerprint density at radius 2 is 1.79 bits per heavy atom. The quantitative estimate of drug-likeness (QED) is 0.430. The van der Waals surface area contributed by atoms with E-state index in [9.17, 15) is 19.7 Å². The number of nitro groups is 1. The molecule has 0 heterocycles. The highest BCUT2D eigenvalue weighted by Gasteiger charge is 2.20. The number of rotatable bonds is 7. The van der Waals surface area contributed by atoms with E-state index in [4.69, 9.17) is 4.74 Å². The van der Waals surface area contributed by atoms with Gasteiger partial charge in [-0.15, -0.1) is 0 Å². The molecule has 8 nitrogen and oxygen atoms in total. The number of benzene rings is 2. The molecular weight excluding hydrogens is 362 g/mol. The van der Waals surface area contributed by atoms with Gasteiger partial charge in [-0.05, 0) is 38.5 Å². The second kappa shape index (κ2) is 8.98. The highest BCUT2D eigenvalue weighted by Crippen LogP contribution is 2.26. The summed E-state index contributed by atoms with van der Waals surface area (Å²) in [4.78, 5) is 34.7. The van der Waals surface area contributed by atoms with E-state index in [-0.39, 0.29) is 16.9 Å². The number of ether oxygens (including phenoxy) is 1. The van der Waals surface area contributed by atoms with Crippen molar-refractivity contribution in [2.75, 3.05) is 11.9 Å². The van der Waals surface area contributed by atoms with Gasteiger partial charge in [0, 0.05) is 18.2 Å². The van der Waals surface area contributed by atoms with Gasteiger partial charge in [-0.1, -0.05) is 30.3 Å². The number of nitrogens with one attached hydrogen (secondary N) is 2. The normalized spacial score (nSPS) is 10.8. The van der Waals surface area contributed by atoms with Gasteiger partial charge in [0.1, 0.15) is 5.69 Å². The third-order valence-corrected chi connectivity index (χ3v) is 3.60. The SMILES string of the molecule is CC(C)(C)NC(=O)COC(=O)c1ccc(NCc2ccccc2)c([N+](=O)[O-])c1. The summed E-state index contributed by atoms with van der Waals surface area (Å²) in [6.45, 7) is 5.35. The number of amides is 1. The Balaban J connectivity index is 2.05. The van der Waals surface area contributed by atoms with Crippen molar-refractivity contribution in [2.45, 2.75) is 32.9 Å². The average Bonchev–Trinajstić information content (AvgIpc) is 2.63. The number of hydrogen-bond donors (Lipinski definition) is 2. The van der Waals surface area contributed by atoms with E-state index < -0.39 is 28.9 Å². The van der Waals surface area contributed by atoms with Gasteiger partial charge in [-0.3, -0.25) is 14.9 Å². The number of carbonyl (C=O) groups is 2. The van der Waals surface area contributed by atoms with Gasteiger partial charge in [0.2, 0.25) is 0 Å². The number of nitro benzene ring substituents is 1. The Morgan fingerprint density at radius 1 is 1.11 bits per heavy atom. The molecule has 0 atom stereocenters. The minimum atomic E-state index is -0.804. The van der Waals surface area contributed by atoms with Crippen molar-refractivity contribution in [2.24, 2.45) is 0 Å². The van der Waals surface area contributed by atoms with Gasteiger partial charge in [-0.2, -0.15) is 0 Å². The zero-order valence-corrected chi connectivity index (χ0v) is 16.0. The van der Waals surface area contributed by atoms with E-state index in [1.165, 1.54) is 12.1 Å². The number of anilines is 1. The zero-order chi connectivity index (χ0) is 20.7. The molecule has 2 rings (SSSR count). The predicted octanol–water partition coefficient (Wildman–Crippen LogP) is 3.28. The van der Waals surface area contributed by atoms with E-state index >= 15 is 0 Å². The molecule has 0 bridgehead atoms. The molecule has 1 amide bonds. The highest BCUT2D eigenvalue weighted by atomic mass is 16.6. The van der Waals surface area contributed by atoms with Crippen LogP contribution in [0.4, 0.5) is 11.4 Å². The maximum atomic E-state index is 12.1. The number of nitrogens with zero attached hydrogens (tertiary/aromatic N) is 1. The van der Waals surface area contributed by atoms with Crippen molar-refractivity contribution in [3.8, 4) is 0 Å². The fourth-order valence-corrected chi connectivity index (χ4v) is 2.42. The first-order valence-corrected chi connectivity index (χ1v) is 8.70. The second-order valence-corrected chi connectivity index (χ2v) is 7.20. The first-order chi connectivity index (χ1) is 13.2. The van der Waals surface area contributed by atoms with Gasteiger partial charge >= 0.3 is 5.97 Å². The summed E-state index contributed by atoms with van der Waals surface area (Å²) in [5.41, 5.74) is 0.556. The lowest BCUT2D eigenvalue weighted by Crippen LogP contribution is -2.42. The molecule has 2 aromatic carbocycles. The van der Waals surface area contributed by atoms with Gasteiger partial charge in [0.25, 0.3) is 11.6 Å². The molecule has 0 aliphatic rings. The third-order valence-electron chi connectivity index (χ3n) is 3.60. The van der Waals surface area contributed by atoms with Crippen molar-refractivity contribution in [1.29, 1.82) is 0 Å². The maximum absolute atomic E-state index is 12.1. The molecule has 8 heteroatoms. The Bertz CT molecular complexity index is 860. The van der Waals surface area contributed by atoms with Gasteiger partial charge in [0.05, 0.1) is 10.5 Å². The second-order valence-electron chi connectivity index (χ2n) is 7.20. The molecule has 0 aromatic heterocycles. The van der Waals surface area contributed by atoms with Crippen molar-refractivity contribution < 1.29 is 19.2 Å². The molecular formula is C20H23N3O5. The minimum Gasteiger partial charge on any atom is -0.452 e. The van der Waals surface area contributed by atoms with Gasteiger partial charge in [-0.25, -0.2) is 4.79 Å². The van der Waals surface area contributed by atoms with Crippen LogP contribution in [0.15, 0.2) is 48.5 Å². The molecule has 0 saturated carbocycles. The summed E-state index contributed by atoms with van der Waals surface area (Å²) in [7, 11) is 0. The maximum Gasteiger partial charge on any atom is 0.338 e. The molecule has 2 aromatic rings. The summed E-state index contributed by atoms with van der Waals surface area (Å²) < 4.78 is 4.95. The van der Waals surface area contributed by atoms with Gasteiger partial charge < -0.3 is 15.4 Å². The Kier molecular flexibility index (Phi) is 6.70. The fourth-order valence-electron chi connectivity index (χ4n) is 2.42. The smallest absolute Gasteiger partial charge is 0.338 e. The van der Waals surface area contributed by atoms with Crippen LogP contribution in [-0.4, -0.2) is 28.9 Å². The highest BCUT2D eigenvalue weighted by molar-refractivity contribution is 5.93. The molecule has 0 aliphatic heterocycles. The topological polar surface area (TPSA) is 111 Å². The van der Waals surface area contributed by atoms with Crippen molar-refractivity contribution in [3.05, 3.63) is 69.8 Å². The minimum absolute atomic E-state index is 0.000481. The lowest BCUT2D eigenvalue weighted by Gasteiger charge is -2.20. The van der Waals surface area contributed by atoms with Crippen LogP contribution < -0.4 is 10.6 Å². The van der Waals surface area contributed by atoms with Gasteiger partial charge in [0.15, 0.2) is 6.61 Å². The zero-order valence-electron chi connectivity index (χ0n) is 16.0. The molecule has 0 unspecified atom stereocenters. The third kappa shape index (κ3) is 6.39. The number of carbonyl (C=O) groups excluding carboxylic acids is 2. The van der Waals surface area contributed by atoms with Crippen LogP contribution in [-0.2, 0) is 16.1 Å². The molecule has 28 heavy (non-hydrogen) atoms. The Labute approximate surface area is 163 Å². The molecule has 0 saturated heterocycles. The van der Waals surface area contributed by atoms with Crippen LogP contribution in [0.5, 0.6) is 0 Å². The largest absolute Gasteiger partial charge is 0.452 e. The molecule has 148 valence electrons. The van der Waals surface area contributed by atoms with E-state index in [1.54, 1.807) is 20.8 Å². The van der Waals surface area contributed by atoms with Crippen molar-refractivity contribution in [3.63, 3.8) is 0 Å².